The molecule has 0 saturated carbocycles. The molecule has 3 nitrogen and oxygen atoms in total. The molecule has 0 aromatic carbocycles. The van der Waals surface area contributed by atoms with E-state index in [1.807, 2.05) is 6.92 Å². The Balaban J connectivity index is 2.92. The first-order valence-corrected chi connectivity index (χ1v) is 2.91. The summed E-state index contributed by atoms with van der Waals surface area (Å²) in [5.41, 5.74) is 0.859. The van der Waals surface area contributed by atoms with Crippen LogP contribution in [0, 0.1) is 6.92 Å². The summed E-state index contributed by atoms with van der Waals surface area (Å²) in [6.45, 7) is 1.86. The van der Waals surface area contributed by atoms with Crippen LogP contribution in [0.1, 0.15) is 5.69 Å². The highest BCUT2D eigenvalue weighted by molar-refractivity contribution is 6.99. The topological polar surface area (TPSA) is 35.0 Å². The van der Waals surface area contributed by atoms with Crippen molar-refractivity contribution in [3.05, 3.63) is 5.69 Å². The van der Waals surface area contributed by atoms with Gasteiger partial charge < -0.3 is 4.74 Å². The lowest BCUT2D eigenvalue weighted by Crippen LogP contribution is -1.83. The number of aryl methyl sites for hydroxylation is 1. The van der Waals surface area contributed by atoms with Crippen molar-refractivity contribution in [1.29, 1.82) is 0 Å². The van der Waals surface area contributed by atoms with Crippen LogP contribution in [0.2, 0.25) is 0 Å². The molecule has 0 bridgehead atoms. The van der Waals surface area contributed by atoms with Gasteiger partial charge in [-0.25, -0.2) is 0 Å². The smallest absolute Gasteiger partial charge is 0.248 e. The van der Waals surface area contributed by atoms with E-state index < -0.39 is 0 Å². The molecule has 0 aliphatic rings. The van der Waals surface area contributed by atoms with Gasteiger partial charge in [0.05, 0.1) is 18.8 Å². The Morgan fingerprint density at radius 2 is 2.25 bits per heavy atom. The van der Waals surface area contributed by atoms with E-state index in [1.54, 1.807) is 7.11 Å². The fourth-order valence-electron chi connectivity index (χ4n) is 0.409. The number of rotatable bonds is 1. The van der Waals surface area contributed by atoms with E-state index in [9.17, 15) is 0 Å². The van der Waals surface area contributed by atoms with Crippen molar-refractivity contribution in [1.82, 2.24) is 8.75 Å². The average Bonchev–Trinajstić information content (AvgIpc) is 2.14. The monoisotopic (exact) mass is 130 g/mol. The molecule has 0 amide bonds. The summed E-state index contributed by atoms with van der Waals surface area (Å²) in [7, 11) is 1.59. The summed E-state index contributed by atoms with van der Waals surface area (Å²) < 4.78 is 12.6. The third kappa shape index (κ3) is 0.790. The molecule has 1 heterocycles. The van der Waals surface area contributed by atoms with Crippen LogP contribution in [0.3, 0.4) is 0 Å². The Hall–Kier alpha value is -0.640. The molecular formula is C4H6N2OS. The lowest BCUT2D eigenvalue weighted by Gasteiger charge is -1.88. The number of hydrogen-bond acceptors (Lipinski definition) is 4. The van der Waals surface area contributed by atoms with Gasteiger partial charge in [0.2, 0.25) is 5.88 Å². The first-order chi connectivity index (χ1) is 3.84. The molecule has 0 saturated heterocycles. The van der Waals surface area contributed by atoms with E-state index in [2.05, 4.69) is 8.75 Å². The van der Waals surface area contributed by atoms with Crippen LogP contribution in [0.15, 0.2) is 0 Å². The summed E-state index contributed by atoms with van der Waals surface area (Å²) in [5, 5.41) is 0. The Kier molecular flexibility index (Phi) is 1.43. The summed E-state index contributed by atoms with van der Waals surface area (Å²) in [6, 6.07) is 0. The zero-order valence-electron chi connectivity index (χ0n) is 4.71. The van der Waals surface area contributed by atoms with Gasteiger partial charge in [-0.1, -0.05) is 0 Å². The van der Waals surface area contributed by atoms with Gasteiger partial charge in [0.1, 0.15) is 5.69 Å². The lowest BCUT2D eigenvalue weighted by atomic mass is 10.5. The summed E-state index contributed by atoms with van der Waals surface area (Å²) >= 11 is 1.17. The van der Waals surface area contributed by atoms with Gasteiger partial charge in [-0.05, 0) is 6.92 Å². The zero-order chi connectivity index (χ0) is 5.98. The van der Waals surface area contributed by atoms with Gasteiger partial charge in [0, 0.05) is 0 Å². The highest BCUT2D eigenvalue weighted by atomic mass is 32.1. The Morgan fingerprint density at radius 3 is 2.50 bits per heavy atom. The van der Waals surface area contributed by atoms with E-state index in [-0.39, 0.29) is 0 Å². The summed E-state index contributed by atoms with van der Waals surface area (Å²) in [4.78, 5) is 0. The number of methoxy groups -OCH3 is 1. The summed E-state index contributed by atoms with van der Waals surface area (Å²) in [6.07, 6.45) is 0. The van der Waals surface area contributed by atoms with Crippen molar-refractivity contribution in [3.63, 3.8) is 0 Å². The van der Waals surface area contributed by atoms with Gasteiger partial charge in [-0.2, -0.15) is 4.37 Å². The van der Waals surface area contributed by atoms with Crippen LogP contribution in [0.25, 0.3) is 0 Å². The van der Waals surface area contributed by atoms with Gasteiger partial charge >= 0.3 is 0 Å². The van der Waals surface area contributed by atoms with Crippen molar-refractivity contribution >= 4 is 11.7 Å². The molecular weight excluding hydrogens is 124 g/mol. The second-order valence-corrected chi connectivity index (χ2v) is 1.89. The summed E-state index contributed by atoms with van der Waals surface area (Å²) in [5.74, 6) is 0.634. The molecule has 0 spiro atoms. The standard InChI is InChI=1S/C4H6N2OS/c1-3-4(7-2)6-8-5-3/h1-2H3. The fourth-order valence-corrected chi connectivity index (χ4v) is 0.931. The minimum absolute atomic E-state index is 0.634. The number of nitrogens with zero attached hydrogens (tertiary/aromatic N) is 2. The highest BCUT2D eigenvalue weighted by Gasteiger charge is 1.98. The van der Waals surface area contributed by atoms with Crippen LogP contribution in [-0.2, 0) is 0 Å². The largest absolute Gasteiger partial charge is 0.479 e. The minimum Gasteiger partial charge on any atom is -0.479 e. The molecule has 1 rings (SSSR count). The van der Waals surface area contributed by atoms with Gasteiger partial charge in [0.25, 0.3) is 0 Å². The quantitative estimate of drug-likeness (QED) is 0.565. The third-order valence-corrected chi connectivity index (χ3v) is 1.41. The van der Waals surface area contributed by atoms with E-state index in [0.29, 0.717) is 5.88 Å². The van der Waals surface area contributed by atoms with Gasteiger partial charge in [-0.15, -0.1) is 4.37 Å². The predicted octanol–water partition coefficient (Wildman–Crippen LogP) is 0.855. The molecule has 0 radical (unpaired) electrons. The fraction of sp³-hybridized carbons (Fsp3) is 0.500. The zero-order valence-corrected chi connectivity index (χ0v) is 5.53. The first kappa shape index (κ1) is 5.50. The molecule has 1 aromatic rings. The van der Waals surface area contributed by atoms with E-state index in [0.717, 1.165) is 5.69 Å². The Morgan fingerprint density at radius 1 is 1.50 bits per heavy atom. The van der Waals surface area contributed by atoms with Gasteiger partial charge in [-0.3, -0.25) is 0 Å². The van der Waals surface area contributed by atoms with Crippen molar-refractivity contribution in [2.45, 2.75) is 6.92 Å². The minimum atomic E-state index is 0.634. The predicted molar refractivity (Wildman–Crippen MR) is 31.2 cm³/mol. The van der Waals surface area contributed by atoms with Crippen LogP contribution >= 0.6 is 11.7 Å². The van der Waals surface area contributed by atoms with E-state index >= 15 is 0 Å². The molecule has 0 unspecified atom stereocenters. The van der Waals surface area contributed by atoms with Crippen molar-refractivity contribution in [2.75, 3.05) is 7.11 Å². The molecule has 0 aliphatic heterocycles. The van der Waals surface area contributed by atoms with Crippen molar-refractivity contribution < 1.29 is 4.74 Å². The second kappa shape index (κ2) is 2.09. The molecule has 4 heteroatoms. The lowest BCUT2D eigenvalue weighted by molar-refractivity contribution is 0.398. The average molecular weight is 130 g/mol. The molecule has 0 N–H and O–H groups in total. The molecule has 0 fully saturated rings. The molecule has 8 heavy (non-hydrogen) atoms. The Bertz CT molecular complexity index is 174. The highest BCUT2D eigenvalue weighted by Crippen LogP contribution is 2.11. The van der Waals surface area contributed by atoms with E-state index in [1.165, 1.54) is 11.7 Å². The molecule has 0 atom stereocenters. The van der Waals surface area contributed by atoms with Crippen molar-refractivity contribution in [2.24, 2.45) is 0 Å². The SMILES string of the molecule is COc1nsnc1C. The van der Waals surface area contributed by atoms with Crippen LogP contribution < -0.4 is 4.74 Å². The van der Waals surface area contributed by atoms with Crippen LogP contribution in [0.5, 0.6) is 5.88 Å². The molecule has 0 aliphatic carbocycles. The van der Waals surface area contributed by atoms with Gasteiger partial charge in [0.15, 0.2) is 0 Å². The number of hydrogen-bond donors (Lipinski definition) is 0. The van der Waals surface area contributed by atoms with E-state index in [4.69, 9.17) is 4.74 Å². The number of ether oxygens (including phenoxy) is 1. The normalized spacial score (nSPS) is 9.25. The first-order valence-electron chi connectivity index (χ1n) is 2.17. The Labute approximate surface area is 51.6 Å². The third-order valence-electron chi connectivity index (χ3n) is 0.804. The van der Waals surface area contributed by atoms with Crippen molar-refractivity contribution in [3.8, 4) is 5.88 Å². The maximum absolute atomic E-state index is 4.82. The molecule has 44 valence electrons. The number of aromatic nitrogens is 2. The second-order valence-electron chi connectivity index (χ2n) is 1.36. The van der Waals surface area contributed by atoms with Crippen LogP contribution in [0.4, 0.5) is 0 Å². The maximum atomic E-state index is 4.82. The molecule has 1 aromatic heterocycles. The van der Waals surface area contributed by atoms with Crippen LogP contribution in [-0.4, -0.2) is 15.9 Å². The maximum Gasteiger partial charge on any atom is 0.248 e.